The normalized spacial score (nSPS) is 18.9. The van der Waals surface area contributed by atoms with Gasteiger partial charge in [-0.2, -0.15) is 0 Å². The number of carbonyl (C=O) groups is 2. The van der Waals surface area contributed by atoms with Crippen LogP contribution in [0.4, 0.5) is 0 Å². The summed E-state index contributed by atoms with van der Waals surface area (Å²) in [5.41, 5.74) is 0.748. The standard InChI is InChI=1S/C12H12ClNO3/c13-9-4-2-1-3-8(9)7-11(15)14-10-5-6-17-12(10)16/h1-4,10H,5-7H2,(H,14,15)/t10-/m1/s1. The molecule has 1 saturated heterocycles. The third-order valence-corrected chi connectivity index (χ3v) is 2.95. The predicted octanol–water partition coefficient (Wildman–Crippen LogP) is 1.31. The zero-order valence-corrected chi connectivity index (χ0v) is 9.87. The Morgan fingerprint density at radius 2 is 2.24 bits per heavy atom. The molecule has 1 atom stereocenters. The number of esters is 1. The maximum atomic E-state index is 11.7. The number of ether oxygens (including phenoxy) is 1. The van der Waals surface area contributed by atoms with Gasteiger partial charge in [0.2, 0.25) is 5.91 Å². The van der Waals surface area contributed by atoms with Gasteiger partial charge in [0.1, 0.15) is 6.04 Å². The van der Waals surface area contributed by atoms with Gasteiger partial charge < -0.3 is 10.1 Å². The van der Waals surface area contributed by atoms with Gasteiger partial charge in [-0.15, -0.1) is 0 Å². The molecule has 1 aromatic rings. The summed E-state index contributed by atoms with van der Waals surface area (Å²) in [7, 11) is 0. The van der Waals surface area contributed by atoms with Crippen molar-refractivity contribution in [1.29, 1.82) is 0 Å². The lowest BCUT2D eigenvalue weighted by Crippen LogP contribution is -2.38. The summed E-state index contributed by atoms with van der Waals surface area (Å²) in [4.78, 5) is 22.9. The molecule has 1 amide bonds. The highest BCUT2D eigenvalue weighted by atomic mass is 35.5. The molecule has 0 spiro atoms. The van der Waals surface area contributed by atoms with E-state index >= 15 is 0 Å². The Balaban J connectivity index is 1.93. The van der Waals surface area contributed by atoms with Crippen molar-refractivity contribution in [2.45, 2.75) is 18.9 Å². The quantitative estimate of drug-likeness (QED) is 0.827. The van der Waals surface area contributed by atoms with E-state index in [1.807, 2.05) is 6.07 Å². The Morgan fingerprint density at radius 3 is 2.88 bits per heavy atom. The van der Waals surface area contributed by atoms with Crippen molar-refractivity contribution in [3.63, 3.8) is 0 Å². The van der Waals surface area contributed by atoms with Crippen LogP contribution < -0.4 is 5.32 Å². The lowest BCUT2D eigenvalue weighted by atomic mass is 10.1. The van der Waals surface area contributed by atoms with Crippen LogP contribution in [-0.4, -0.2) is 24.5 Å². The molecule has 0 aliphatic carbocycles. The molecule has 1 heterocycles. The van der Waals surface area contributed by atoms with Gasteiger partial charge in [0.25, 0.3) is 0 Å². The van der Waals surface area contributed by atoms with Crippen LogP contribution in [0.2, 0.25) is 5.02 Å². The lowest BCUT2D eigenvalue weighted by Gasteiger charge is -2.09. The summed E-state index contributed by atoms with van der Waals surface area (Å²) in [5.74, 6) is -0.584. The first kappa shape index (κ1) is 11.9. The molecule has 4 nitrogen and oxygen atoms in total. The van der Waals surface area contributed by atoms with Crippen molar-refractivity contribution in [2.24, 2.45) is 0 Å². The van der Waals surface area contributed by atoms with Crippen LogP contribution in [0.3, 0.4) is 0 Å². The fraction of sp³-hybridized carbons (Fsp3) is 0.333. The van der Waals surface area contributed by atoms with Gasteiger partial charge in [-0.05, 0) is 11.6 Å². The van der Waals surface area contributed by atoms with E-state index in [1.165, 1.54) is 0 Å². The monoisotopic (exact) mass is 253 g/mol. The van der Waals surface area contributed by atoms with E-state index in [4.69, 9.17) is 16.3 Å². The minimum Gasteiger partial charge on any atom is -0.464 e. The molecule has 0 bridgehead atoms. The molecule has 5 heteroatoms. The molecule has 17 heavy (non-hydrogen) atoms. The summed E-state index contributed by atoms with van der Waals surface area (Å²) in [5, 5.41) is 3.18. The number of benzene rings is 1. The zero-order valence-electron chi connectivity index (χ0n) is 9.11. The summed E-state index contributed by atoms with van der Waals surface area (Å²) in [6.45, 7) is 0.371. The summed E-state index contributed by atoms with van der Waals surface area (Å²) < 4.78 is 4.76. The number of hydrogen-bond acceptors (Lipinski definition) is 3. The second kappa shape index (κ2) is 5.19. The third kappa shape index (κ3) is 2.97. The van der Waals surface area contributed by atoms with Gasteiger partial charge in [0.15, 0.2) is 0 Å². The van der Waals surface area contributed by atoms with Crippen molar-refractivity contribution in [3.05, 3.63) is 34.9 Å². The average Bonchev–Trinajstić information content (AvgIpc) is 2.68. The maximum absolute atomic E-state index is 11.7. The van der Waals surface area contributed by atoms with Gasteiger partial charge in [-0.1, -0.05) is 29.8 Å². The van der Waals surface area contributed by atoms with Crippen LogP contribution >= 0.6 is 11.6 Å². The fourth-order valence-electron chi connectivity index (χ4n) is 1.69. The first-order chi connectivity index (χ1) is 8.16. The summed E-state index contributed by atoms with van der Waals surface area (Å²) in [6, 6.07) is 6.63. The van der Waals surface area contributed by atoms with E-state index in [2.05, 4.69) is 5.32 Å². The molecular formula is C12H12ClNO3. The Hall–Kier alpha value is -1.55. The zero-order chi connectivity index (χ0) is 12.3. The molecule has 1 aromatic carbocycles. The van der Waals surface area contributed by atoms with E-state index in [0.717, 1.165) is 5.56 Å². The van der Waals surface area contributed by atoms with Crippen molar-refractivity contribution in [3.8, 4) is 0 Å². The number of halogens is 1. The van der Waals surface area contributed by atoms with Crippen molar-refractivity contribution < 1.29 is 14.3 Å². The molecule has 2 rings (SSSR count). The van der Waals surface area contributed by atoms with Crippen molar-refractivity contribution in [2.75, 3.05) is 6.61 Å². The molecule has 0 aromatic heterocycles. The van der Waals surface area contributed by atoms with Crippen LogP contribution in [0, 0.1) is 0 Å². The number of amides is 1. The summed E-state index contributed by atoms with van der Waals surface area (Å²) >= 11 is 5.94. The number of carbonyl (C=O) groups excluding carboxylic acids is 2. The van der Waals surface area contributed by atoms with Crippen LogP contribution in [0.5, 0.6) is 0 Å². The first-order valence-electron chi connectivity index (χ1n) is 5.36. The van der Waals surface area contributed by atoms with Crippen LogP contribution in [0.15, 0.2) is 24.3 Å². The van der Waals surface area contributed by atoms with Gasteiger partial charge in [0.05, 0.1) is 13.0 Å². The number of hydrogen-bond donors (Lipinski definition) is 1. The lowest BCUT2D eigenvalue weighted by molar-refractivity contribution is -0.141. The highest BCUT2D eigenvalue weighted by Gasteiger charge is 2.27. The fourth-order valence-corrected chi connectivity index (χ4v) is 1.89. The topological polar surface area (TPSA) is 55.4 Å². The average molecular weight is 254 g/mol. The molecule has 0 saturated carbocycles. The molecule has 90 valence electrons. The molecular weight excluding hydrogens is 242 g/mol. The molecule has 1 fully saturated rings. The minimum atomic E-state index is -0.509. The first-order valence-corrected chi connectivity index (χ1v) is 5.74. The van der Waals surface area contributed by atoms with Crippen molar-refractivity contribution >= 4 is 23.5 Å². The van der Waals surface area contributed by atoms with E-state index in [0.29, 0.717) is 18.1 Å². The summed E-state index contributed by atoms with van der Waals surface area (Å²) in [6.07, 6.45) is 0.705. The molecule has 1 N–H and O–H groups in total. The Labute approximate surface area is 104 Å². The number of nitrogens with one attached hydrogen (secondary N) is 1. The Kier molecular flexibility index (Phi) is 3.64. The Bertz CT molecular complexity index is 447. The van der Waals surface area contributed by atoms with Gasteiger partial charge in [-0.3, -0.25) is 4.79 Å². The van der Waals surface area contributed by atoms with Gasteiger partial charge >= 0.3 is 5.97 Å². The maximum Gasteiger partial charge on any atom is 0.328 e. The molecule has 0 radical (unpaired) electrons. The third-order valence-electron chi connectivity index (χ3n) is 2.58. The molecule has 0 unspecified atom stereocenters. The highest BCUT2D eigenvalue weighted by molar-refractivity contribution is 6.31. The van der Waals surface area contributed by atoms with E-state index in [1.54, 1.807) is 18.2 Å². The van der Waals surface area contributed by atoms with E-state index < -0.39 is 6.04 Å². The van der Waals surface area contributed by atoms with E-state index in [-0.39, 0.29) is 18.3 Å². The van der Waals surface area contributed by atoms with Crippen LogP contribution in [-0.2, 0) is 20.7 Å². The largest absolute Gasteiger partial charge is 0.464 e. The second-order valence-electron chi connectivity index (χ2n) is 3.84. The SMILES string of the molecule is O=C(Cc1ccccc1Cl)N[C@@H]1CCOC1=O. The number of cyclic esters (lactones) is 1. The smallest absolute Gasteiger partial charge is 0.328 e. The van der Waals surface area contributed by atoms with Gasteiger partial charge in [-0.25, -0.2) is 4.79 Å². The second-order valence-corrected chi connectivity index (χ2v) is 4.25. The number of rotatable bonds is 3. The highest BCUT2D eigenvalue weighted by Crippen LogP contribution is 2.15. The van der Waals surface area contributed by atoms with Gasteiger partial charge in [0, 0.05) is 11.4 Å². The van der Waals surface area contributed by atoms with E-state index in [9.17, 15) is 9.59 Å². The minimum absolute atomic E-state index is 0.170. The van der Waals surface area contributed by atoms with Crippen LogP contribution in [0.25, 0.3) is 0 Å². The molecule has 1 aliphatic rings. The predicted molar refractivity (Wildman–Crippen MR) is 62.7 cm³/mol. The Morgan fingerprint density at radius 1 is 1.47 bits per heavy atom. The van der Waals surface area contributed by atoms with Crippen molar-refractivity contribution in [1.82, 2.24) is 5.32 Å². The van der Waals surface area contributed by atoms with Crippen LogP contribution in [0.1, 0.15) is 12.0 Å². The molecule has 1 aliphatic heterocycles.